The van der Waals surface area contributed by atoms with Gasteiger partial charge in [-0.05, 0) is 63.1 Å². The standard InChI is InChI=1S/C23H26BrNO3/c1-14-20(23(27)28-17-9-3-2-4-10-17)21(15-7-5-8-16(24)13-15)22-18(25-14)11-6-12-19(22)26/h5,7-8,13,17,20-21H,2-4,6,9-12H2,1H3/t20?,21-/m0/s1. The highest BCUT2D eigenvalue weighted by Gasteiger charge is 2.43. The van der Waals surface area contributed by atoms with Crippen molar-refractivity contribution in [2.75, 3.05) is 0 Å². The van der Waals surface area contributed by atoms with E-state index in [-0.39, 0.29) is 23.8 Å². The summed E-state index contributed by atoms with van der Waals surface area (Å²) in [6.45, 7) is 1.90. The molecule has 2 atom stereocenters. The predicted molar refractivity (Wildman–Crippen MR) is 112 cm³/mol. The smallest absolute Gasteiger partial charge is 0.315 e. The normalized spacial score (nSPS) is 25.9. The van der Waals surface area contributed by atoms with Gasteiger partial charge in [0, 0.05) is 33.8 Å². The Morgan fingerprint density at radius 3 is 2.68 bits per heavy atom. The van der Waals surface area contributed by atoms with Crippen molar-refractivity contribution in [1.82, 2.24) is 0 Å². The molecule has 0 saturated heterocycles. The topological polar surface area (TPSA) is 55.7 Å². The molecule has 1 heterocycles. The molecule has 2 aliphatic carbocycles. The Bertz CT molecular complexity index is 851. The van der Waals surface area contributed by atoms with Gasteiger partial charge < -0.3 is 4.74 Å². The molecule has 5 heteroatoms. The molecule has 0 bridgehead atoms. The Labute approximate surface area is 174 Å². The maximum atomic E-state index is 13.3. The first-order valence-corrected chi connectivity index (χ1v) is 11.1. The van der Waals surface area contributed by atoms with Crippen molar-refractivity contribution in [3.05, 3.63) is 45.6 Å². The molecule has 0 N–H and O–H groups in total. The highest BCUT2D eigenvalue weighted by molar-refractivity contribution is 9.10. The Hall–Kier alpha value is -1.75. The number of carbonyl (C=O) groups excluding carboxylic acids is 2. The van der Waals surface area contributed by atoms with Gasteiger partial charge in [-0.3, -0.25) is 14.6 Å². The monoisotopic (exact) mass is 443 g/mol. The maximum Gasteiger partial charge on any atom is 0.315 e. The highest BCUT2D eigenvalue weighted by atomic mass is 79.9. The van der Waals surface area contributed by atoms with Crippen LogP contribution in [0.4, 0.5) is 0 Å². The van der Waals surface area contributed by atoms with Gasteiger partial charge in [-0.2, -0.15) is 0 Å². The van der Waals surface area contributed by atoms with Crippen molar-refractivity contribution in [2.24, 2.45) is 10.9 Å². The third-order valence-electron chi connectivity index (χ3n) is 6.13. The molecule has 4 nitrogen and oxygen atoms in total. The van der Waals surface area contributed by atoms with Crippen molar-refractivity contribution in [1.29, 1.82) is 0 Å². The summed E-state index contributed by atoms with van der Waals surface area (Å²) in [6.07, 6.45) is 7.45. The van der Waals surface area contributed by atoms with Crippen LogP contribution in [0.1, 0.15) is 69.8 Å². The number of aliphatic imine (C=N–C) groups is 1. The summed E-state index contributed by atoms with van der Waals surface area (Å²) in [6, 6.07) is 7.93. The van der Waals surface area contributed by atoms with Crippen LogP contribution in [0.2, 0.25) is 0 Å². The van der Waals surface area contributed by atoms with Crippen molar-refractivity contribution in [3.63, 3.8) is 0 Å². The quantitative estimate of drug-likeness (QED) is 0.578. The third kappa shape index (κ3) is 3.86. The molecule has 1 fully saturated rings. The van der Waals surface area contributed by atoms with Crippen LogP contribution in [0.3, 0.4) is 0 Å². The molecular formula is C23H26BrNO3. The van der Waals surface area contributed by atoms with E-state index in [2.05, 4.69) is 15.9 Å². The number of allylic oxidation sites excluding steroid dienone is 2. The number of carbonyl (C=O) groups is 2. The van der Waals surface area contributed by atoms with Crippen molar-refractivity contribution < 1.29 is 14.3 Å². The summed E-state index contributed by atoms with van der Waals surface area (Å²) in [5.41, 5.74) is 3.32. The lowest BCUT2D eigenvalue weighted by Gasteiger charge is -2.35. The molecule has 3 aliphatic rings. The molecule has 1 unspecified atom stereocenters. The number of halogens is 1. The largest absolute Gasteiger partial charge is 0.462 e. The van der Waals surface area contributed by atoms with E-state index in [4.69, 9.17) is 9.73 Å². The predicted octanol–water partition coefficient (Wildman–Crippen LogP) is 5.51. The molecule has 1 saturated carbocycles. The molecule has 1 aromatic carbocycles. The van der Waals surface area contributed by atoms with Crippen LogP contribution < -0.4 is 0 Å². The molecule has 4 rings (SSSR count). The summed E-state index contributed by atoms with van der Waals surface area (Å²) in [4.78, 5) is 30.9. The van der Waals surface area contributed by atoms with E-state index in [0.717, 1.165) is 65.5 Å². The third-order valence-corrected chi connectivity index (χ3v) is 6.62. The van der Waals surface area contributed by atoms with Gasteiger partial charge in [0.25, 0.3) is 0 Å². The van der Waals surface area contributed by atoms with Gasteiger partial charge in [0.05, 0.1) is 0 Å². The molecule has 1 aromatic rings. The molecule has 0 aromatic heterocycles. The summed E-state index contributed by atoms with van der Waals surface area (Å²) in [5, 5.41) is 0. The first kappa shape index (κ1) is 19.6. The minimum atomic E-state index is -0.531. The van der Waals surface area contributed by atoms with Gasteiger partial charge in [0.15, 0.2) is 5.78 Å². The highest BCUT2D eigenvalue weighted by Crippen LogP contribution is 2.44. The van der Waals surface area contributed by atoms with E-state index < -0.39 is 5.92 Å². The molecule has 0 amide bonds. The van der Waals surface area contributed by atoms with Crippen LogP contribution >= 0.6 is 15.9 Å². The van der Waals surface area contributed by atoms with E-state index in [1.165, 1.54) is 6.42 Å². The van der Waals surface area contributed by atoms with Crippen LogP contribution in [0, 0.1) is 5.92 Å². The Balaban J connectivity index is 1.72. The van der Waals surface area contributed by atoms with Gasteiger partial charge in [0.1, 0.15) is 12.0 Å². The van der Waals surface area contributed by atoms with Crippen LogP contribution in [0.5, 0.6) is 0 Å². The molecular weight excluding hydrogens is 418 g/mol. The number of rotatable bonds is 3. The lowest BCUT2D eigenvalue weighted by molar-refractivity contribution is -0.153. The number of Topliss-reactive ketones (excluding diaryl/α,β-unsaturated/α-hetero) is 1. The SMILES string of the molecule is CC1=NC2=C(C(=O)CCC2)[C@@H](c2cccc(Br)c2)C1C(=O)OC1CCCCC1. The van der Waals surface area contributed by atoms with E-state index in [1.807, 2.05) is 31.2 Å². The fraction of sp³-hybridized carbons (Fsp3) is 0.522. The zero-order valence-corrected chi connectivity index (χ0v) is 17.8. The first-order valence-electron chi connectivity index (χ1n) is 10.3. The van der Waals surface area contributed by atoms with E-state index in [0.29, 0.717) is 6.42 Å². The number of ether oxygens (including phenoxy) is 1. The second-order valence-electron chi connectivity index (χ2n) is 8.10. The second-order valence-corrected chi connectivity index (χ2v) is 9.01. The van der Waals surface area contributed by atoms with E-state index >= 15 is 0 Å². The van der Waals surface area contributed by atoms with E-state index in [9.17, 15) is 9.59 Å². The second kappa shape index (κ2) is 8.32. The van der Waals surface area contributed by atoms with Crippen LogP contribution in [-0.4, -0.2) is 23.6 Å². The van der Waals surface area contributed by atoms with Gasteiger partial charge in [-0.15, -0.1) is 0 Å². The average Bonchev–Trinajstić information content (AvgIpc) is 2.68. The Kier molecular flexibility index (Phi) is 5.81. The molecule has 0 radical (unpaired) electrons. The van der Waals surface area contributed by atoms with Crippen LogP contribution in [0.25, 0.3) is 0 Å². The maximum absolute atomic E-state index is 13.3. The summed E-state index contributed by atoms with van der Waals surface area (Å²) >= 11 is 3.54. The number of benzene rings is 1. The molecule has 28 heavy (non-hydrogen) atoms. The number of nitrogens with zero attached hydrogens (tertiary/aromatic N) is 1. The molecule has 148 valence electrons. The van der Waals surface area contributed by atoms with Crippen molar-refractivity contribution in [3.8, 4) is 0 Å². The fourth-order valence-electron chi connectivity index (χ4n) is 4.79. The van der Waals surface area contributed by atoms with Gasteiger partial charge in [-0.1, -0.05) is 34.5 Å². The summed E-state index contributed by atoms with van der Waals surface area (Å²) < 4.78 is 6.87. The molecule has 1 aliphatic heterocycles. The van der Waals surface area contributed by atoms with Gasteiger partial charge >= 0.3 is 5.97 Å². The van der Waals surface area contributed by atoms with Gasteiger partial charge in [0.2, 0.25) is 0 Å². The molecule has 0 spiro atoms. The van der Waals surface area contributed by atoms with Crippen LogP contribution in [-0.2, 0) is 14.3 Å². The van der Waals surface area contributed by atoms with Gasteiger partial charge in [-0.25, -0.2) is 0 Å². The fourth-order valence-corrected chi connectivity index (χ4v) is 5.21. The average molecular weight is 444 g/mol. The zero-order chi connectivity index (χ0) is 19.7. The van der Waals surface area contributed by atoms with Crippen LogP contribution in [0.15, 0.2) is 45.0 Å². The van der Waals surface area contributed by atoms with Crippen molar-refractivity contribution in [2.45, 2.75) is 70.3 Å². The minimum Gasteiger partial charge on any atom is -0.462 e. The summed E-state index contributed by atoms with van der Waals surface area (Å²) in [5.74, 6) is -0.952. The minimum absolute atomic E-state index is 0.00496. The van der Waals surface area contributed by atoms with E-state index in [1.54, 1.807) is 0 Å². The zero-order valence-electron chi connectivity index (χ0n) is 16.2. The lowest BCUT2D eigenvalue weighted by Crippen LogP contribution is -2.38. The number of hydrogen-bond donors (Lipinski definition) is 0. The number of ketones is 1. The summed E-state index contributed by atoms with van der Waals surface area (Å²) in [7, 11) is 0. The number of esters is 1. The Morgan fingerprint density at radius 1 is 1.14 bits per heavy atom. The lowest BCUT2D eigenvalue weighted by atomic mass is 9.72. The Morgan fingerprint density at radius 2 is 1.93 bits per heavy atom. The first-order chi connectivity index (χ1) is 13.5. The van der Waals surface area contributed by atoms with Crippen molar-refractivity contribution >= 4 is 33.4 Å². The number of hydrogen-bond acceptors (Lipinski definition) is 4.